The van der Waals surface area contributed by atoms with Crippen molar-refractivity contribution < 1.29 is 9.90 Å². The van der Waals surface area contributed by atoms with Crippen molar-refractivity contribution in [2.24, 2.45) is 0 Å². The van der Waals surface area contributed by atoms with Gasteiger partial charge in [0.15, 0.2) is 0 Å². The van der Waals surface area contributed by atoms with Crippen molar-refractivity contribution in [3.63, 3.8) is 0 Å². The molecule has 0 saturated heterocycles. The fourth-order valence-corrected chi connectivity index (χ4v) is 1.43. The van der Waals surface area contributed by atoms with Gasteiger partial charge < -0.3 is 10.4 Å². The van der Waals surface area contributed by atoms with Gasteiger partial charge in [0, 0.05) is 11.1 Å². The summed E-state index contributed by atoms with van der Waals surface area (Å²) in [7, 11) is 0. The average Bonchev–Trinajstić information content (AvgIpc) is 2.56. The van der Waals surface area contributed by atoms with Gasteiger partial charge in [-0.05, 0) is 6.92 Å². The van der Waals surface area contributed by atoms with E-state index in [1.165, 1.54) is 11.3 Å². The lowest BCUT2D eigenvalue weighted by atomic mass is 10.3. The molecule has 1 rings (SSSR count). The third-order valence-electron chi connectivity index (χ3n) is 1.40. The van der Waals surface area contributed by atoms with Crippen LogP contribution in [-0.2, 0) is 4.79 Å². The molecule has 0 aliphatic heterocycles. The molecule has 66 valence electrons. The molecule has 0 unspecified atom stereocenters. The zero-order chi connectivity index (χ0) is 8.97. The Hall–Kier alpha value is -0.940. The summed E-state index contributed by atoms with van der Waals surface area (Å²) in [4.78, 5) is 15.6. The summed E-state index contributed by atoms with van der Waals surface area (Å²) in [6.07, 6.45) is 1.70. The van der Waals surface area contributed by atoms with Crippen molar-refractivity contribution >= 4 is 17.2 Å². The normalized spacial score (nSPS) is 12.5. The van der Waals surface area contributed by atoms with E-state index < -0.39 is 6.61 Å². The summed E-state index contributed by atoms with van der Waals surface area (Å²) < 4.78 is 0. The van der Waals surface area contributed by atoms with Crippen LogP contribution in [0.25, 0.3) is 0 Å². The fraction of sp³-hybridized carbons (Fsp3) is 0.429. The molecule has 0 aliphatic carbocycles. The maximum absolute atomic E-state index is 10.7. The van der Waals surface area contributed by atoms with Crippen LogP contribution < -0.4 is 5.32 Å². The second-order valence-corrected chi connectivity index (χ2v) is 3.27. The number of thiazole rings is 1. The van der Waals surface area contributed by atoms with Gasteiger partial charge in [-0.25, -0.2) is 0 Å². The van der Waals surface area contributed by atoms with Crippen molar-refractivity contribution in [2.45, 2.75) is 13.0 Å². The van der Waals surface area contributed by atoms with Crippen LogP contribution in [0.1, 0.15) is 17.8 Å². The fourth-order valence-electron chi connectivity index (χ4n) is 0.798. The largest absolute Gasteiger partial charge is 0.387 e. The van der Waals surface area contributed by atoms with E-state index in [9.17, 15) is 4.79 Å². The second kappa shape index (κ2) is 4.18. The molecular formula is C7H10N2O2S. The van der Waals surface area contributed by atoms with Crippen LogP contribution in [0.4, 0.5) is 0 Å². The highest BCUT2D eigenvalue weighted by Crippen LogP contribution is 2.15. The Kier molecular flexibility index (Phi) is 3.19. The minimum absolute atomic E-state index is 0.0721. The Balaban J connectivity index is 2.49. The summed E-state index contributed by atoms with van der Waals surface area (Å²) in [6, 6.07) is -0.0721. The average molecular weight is 186 g/mol. The molecule has 0 spiro atoms. The van der Waals surface area contributed by atoms with E-state index in [2.05, 4.69) is 10.3 Å². The van der Waals surface area contributed by atoms with Crippen molar-refractivity contribution in [1.82, 2.24) is 10.3 Å². The molecule has 0 aromatic carbocycles. The van der Waals surface area contributed by atoms with Gasteiger partial charge in [0.05, 0.1) is 11.6 Å². The summed E-state index contributed by atoms with van der Waals surface area (Å²) in [5, 5.41) is 11.1. The Labute approximate surface area is 74.3 Å². The zero-order valence-electron chi connectivity index (χ0n) is 6.65. The monoisotopic (exact) mass is 186 g/mol. The third kappa shape index (κ3) is 2.28. The van der Waals surface area contributed by atoms with Gasteiger partial charge in [-0.3, -0.25) is 9.78 Å². The van der Waals surface area contributed by atoms with E-state index in [0.29, 0.717) is 0 Å². The standard InChI is InChI=1S/C7H10N2O2S/c1-5(9-7(11)3-10)6-2-8-4-12-6/h2,4-5,10H,3H2,1H3,(H,9,11)/t5-/m0/s1. The zero-order valence-corrected chi connectivity index (χ0v) is 7.47. The van der Waals surface area contributed by atoms with Crippen molar-refractivity contribution in [3.05, 3.63) is 16.6 Å². The van der Waals surface area contributed by atoms with Crippen molar-refractivity contribution in [2.75, 3.05) is 6.61 Å². The number of aliphatic hydroxyl groups is 1. The Morgan fingerprint density at radius 2 is 2.67 bits per heavy atom. The Morgan fingerprint density at radius 1 is 1.92 bits per heavy atom. The molecule has 1 aromatic rings. The summed E-state index contributed by atoms with van der Waals surface area (Å²) >= 11 is 1.48. The molecule has 0 aliphatic rings. The van der Waals surface area contributed by atoms with E-state index in [4.69, 9.17) is 5.11 Å². The van der Waals surface area contributed by atoms with Crippen LogP contribution in [0.2, 0.25) is 0 Å². The van der Waals surface area contributed by atoms with Crippen molar-refractivity contribution in [1.29, 1.82) is 0 Å². The van der Waals surface area contributed by atoms with Crippen LogP contribution in [0, 0.1) is 0 Å². The number of amides is 1. The molecule has 1 amide bonds. The van der Waals surface area contributed by atoms with Gasteiger partial charge in [-0.2, -0.15) is 0 Å². The van der Waals surface area contributed by atoms with Crippen LogP contribution >= 0.6 is 11.3 Å². The van der Waals surface area contributed by atoms with Gasteiger partial charge in [0.1, 0.15) is 6.61 Å². The summed E-state index contributed by atoms with van der Waals surface area (Å²) in [5.41, 5.74) is 1.71. The number of aromatic nitrogens is 1. The lowest BCUT2D eigenvalue weighted by Crippen LogP contribution is -2.28. The molecule has 0 fully saturated rings. The van der Waals surface area contributed by atoms with Crippen LogP contribution in [-0.4, -0.2) is 22.6 Å². The Bertz CT molecular complexity index is 248. The van der Waals surface area contributed by atoms with Gasteiger partial charge >= 0.3 is 0 Å². The van der Waals surface area contributed by atoms with E-state index in [1.54, 1.807) is 11.7 Å². The minimum Gasteiger partial charge on any atom is -0.387 e. The number of hydrogen-bond acceptors (Lipinski definition) is 4. The minimum atomic E-state index is -0.469. The highest BCUT2D eigenvalue weighted by molar-refractivity contribution is 7.09. The number of hydrogen-bond donors (Lipinski definition) is 2. The predicted molar refractivity (Wildman–Crippen MR) is 45.8 cm³/mol. The topological polar surface area (TPSA) is 62.2 Å². The summed E-state index contributed by atoms with van der Waals surface area (Å²) in [6.45, 7) is 1.38. The first kappa shape index (κ1) is 9.15. The van der Waals surface area contributed by atoms with Crippen LogP contribution in [0.15, 0.2) is 11.7 Å². The molecular weight excluding hydrogens is 176 g/mol. The Morgan fingerprint density at radius 3 is 3.17 bits per heavy atom. The van der Waals surface area contributed by atoms with E-state index >= 15 is 0 Å². The maximum Gasteiger partial charge on any atom is 0.246 e. The third-order valence-corrected chi connectivity index (χ3v) is 2.36. The first-order valence-corrected chi connectivity index (χ1v) is 4.40. The molecule has 12 heavy (non-hydrogen) atoms. The molecule has 0 radical (unpaired) electrons. The van der Waals surface area contributed by atoms with Crippen LogP contribution in [0.3, 0.4) is 0 Å². The molecule has 1 aromatic heterocycles. The predicted octanol–water partition coefficient (Wildman–Crippen LogP) is 0.313. The smallest absolute Gasteiger partial charge is 0.246 e. The second-order valence-electron chi connectivity index (χ2n) is 2.35. The summed E-state index contributed by atoms with van der Waals surface area (Å²) in [5.74, 6) is -0.365. The molecule has 5 heteroatoms. The quantitative estimate of drug-likeness (QED) is 0.714. The number of nitrogens with zero attached hydrogens (tertiary/aromatic N) is 1. The van der Waals surface area contributed by atoms with E-state index in [1.807, 2.05) is 6.92 Å². The molecule has 1 heterocycles. The molecule has 4 nitrogen and oxygen atoms in total. The van der Waals surface area contributed by atoms with Gasteiger partial charge in [-0.15, -0.1) is 11.3 Å². The van der Waals surface area contributed by atoms with Crippen LogP contribution in [0.5, 0.6) is 0 Å². The maximum atomic E-state index is 10.7. The van der Waals surface area contributed by atoms with Gasteiger partial charge in [0.25, 0.3) is 0 Å². The first-order chi connectivity index (χ1) is 5.74. The number of aliphatic hydroxyl groups excluding tert-OH is 1. The first-order valence-electron chi connectivity index (χ1n) is 3.52. The molecule has 0 saturated carbocycles. The lowest BCUT2D eigenvalue weighted by molar-refractivity contribution is -0.124. The van der Waals surface area contributed by atoms with Crippen molar-refractivity contribution in [3.8, 4) is 0 Å². The van der Waals surface area contributed by atoms with E-state index in [0.717, 1.165) is 4.88 Å². The van der Waals surface area contributed by atoms with Gasteiger partial charge in [-0.1, -0.05) is 0 Å². The molecule has 1 atom stereocenters. The highest BCUT2D eigenvalue weighted by Gasteiger charge is 2.08. The van der Waals surface area contributed by atoms with E-state index in [-0.39, 0.29) is 11.9 Å². The molecule has 0 bridgehead atoms. The number of nitrogens with one attached hydrogen (secondary N) is 1. The number of carbonyl (C=O) groups excluding carboxylic acids is 1. The SMILES string of the molecule is C[C@H](NC(=O)CO)c1cncs1. The number of rotatable bonds is 3. The molecule has 2 N–H and O–H groups in total. The lowest BCUT2D eigenvalue weighted by Gasteiger charge is -2.09. The number of carbonyl (C=O) groups is 1. The highest BCUT2D eigenvalue weighted by atomic mass is 32.1. The van der Waals surface area contributed by atoms with Gasteiger partial charge in [0.2, 0.25) is 5.91 Å².